The van der Waals surface area contributed by atoms with Crippen LogP contribution in [0, 0.1) is 11.3 Å². The van der Waals surface area contributed by atoms with Gasteiger partial charge in [-0.2, -0.15) is 0 Å². The fourth-order valence-electron chi connectivity index (χ4n) is 3.43. The van der Waals surface area contributed by atoms with Gasteiger partial charge in [-0.3, -0.25) is 10.1 Å². The standard InChI is InChI=1S/C18H26N2O/c1-12(2)10-14-17(21)20(15-11-18(15,3)4)16(19-14)13-8-6-5-7-9-13/h5-9,12,14-16,19H,10-11H2,1-4H3. The molecule has 3 rings (SSSR count). The smallest absolute Gasteiger partial charge is 0.241 e. The first-order chi connectivity index (χ1) is 9.90. The number of hydrogen-bond donors (Lipinski definition) is 1. The first-order valence-corrected chi connectivity index (χ1v) is 8.03. The van der Waals surface area contributed by atoms with Gasteiger partial charge in [-0.05, 0) is 29.7 Å². The molecule has 1 N–H and O–H groups in total. The fourth-order valence-corrected chi connectivity index (χ4v) is 3.43. The lowest BCUT2D eigenvalue weighted by Crippen LogP contribution is -2.35. The lowest BCUT2D eigenvalue weighted by Gasteiger charge is -2.26. The molecule has 1 saturated carbocycles. The number of carbonyl (C=O) groups excluding carboxylic acids is 1. The molecule has 0 bridgehead atoms. The summed E-state index contributed by atoms with van der Waals surface area (Å²) >= 11 is 0. The Morgan fingerprint density at radius 3 is 2.43 bits per heavy atom. The van der Waals surface area contributed by atoms with E-state index in [0.29, 0.717) is 12.0 Å². The van der Waals surface area contributed by atoms with E-state index < -0.39 is 0 Å². The summed E-state index contributed by atoms with van der Waals surface area (Å²) < 4.78 is 0. The highest BCUT2D eigenvalue weighted by Gasteiger charge is 2.56. The molecule has 1 saturated heterocycles. The van der Waals surface area contributed by atoms with Crippen LogP contribution in [0.25, 0.3) is 0 Å². The molecule has 2 aliphatic rings. The summed E-state index contributed by atoms with van der Waals surface area (Å²) in [5, 5.41) is 3.57. The topological polar surface area (TPSA) is 32.3 Å². The molecule has 3 unspecified atom stereocenters. The largest absolute Gasteiger partial charge is 0.318 e. The van der Waals surface area contributed by atoms with Gasteiger partial charge in [0.2, 0.25) is 5.91 Å². The van der Waals surface area contributed by atoms with Gasteiger partial charge in [0, 0.05) is 6.04 Å². The molecule has 1 aliphatic carbocycles. The molecule has 114 valence electrons. The van der Waals surface area contributed by atoms with Crippen molar-refractivity contribution in [3.63, 3.8) is 0 Å². The zero-order chi connectivity index (χ0) is 15.2. The molecule has 1 heterocycles. The Morgan fingerprint density at radius 2 is 1.90 bits per heavy atom. The third kappa shape index (κ3) is 2.71. The van der Waals surface area contributed by atoms with Crippen molar-refractivity contribution >= 4 is 5.91 Å². The molecular formula is C18H26N2O. The third-order valence-electron chi connectivity index (χ3n) is 4.81. The van der Waals surface area contributed by atoms with Gasteiger partial charge in [0.05, 0.1) is 6.04 Å². The van der Waals surface area contributed by atoms with Crippen LogP contribution in [-0.2, 0) is 4.79 Å². The van der Waals surface area contributed by atoms with E-state index in [0.717, 1.165) is 12.8 Å². The summed E-state index contributed by atoms with van der Waals surface area (Å²) in [7, 11) is 0. The molecule has 0 spiro atoms. The first-order valence-electron chi connectivity index (χ1n) is 8.03. The van der Waals surface area contributed by atoms with Gasteiger partial charge in [0.25, 0.3) is 0 Å². The minimum Gasteiger partial charge on any atom is -0.318 e. The molecular weight excluding hydrogens is 260 g/mol. The van der Waals surface area contributed by atoms with Gasteiger partial charge < -0.3 is 4.90 Å². The van der Waals surface area contributed by atoms with Gasteiger partial charge >= 0.3 is 0 Å². The van der Waals surface area contributed by atoms with Crippen molar-refractivity contribution < 1.29 is 4.79 Å². The van der Waals surface area contributed by atoms with Gasteiger partial charge in [-0.25, -0.2) is 0 Å². The van der Waals surface area contributed by atoms with Crippen LogP contribution in [0.4, 0.5) is 0 Å². The van der Waals surface area contributed by atoms with Crippen molar-refractivity contribution in [2.45, 2.75) is 58.8 Å². The Hall–Kier alpha value is -1.35. The van der Waals surface area contributed by atoms with Crippen LogP contribution >= 0.6 is 0 Å². The van der Waals surface area contributed by atoms with Crippen molar-refractivity contribution in [2.75, 3.05) is 0 Å². The predicted molar refractivity (Wildman–Crippen MR) is 84.6 cm³/mol. The van der Waals surface area contributed by atoms with Crippen molar-refractivity contribution in [3.05, 3.63) is 35.9 Å². The zero-order valence-corrected chi connectivity index (χ0v) is 13.5. The Kier molecular flexibility index (Phi) is 3.56. The van der Waals surface area contributed by atoms with E-state index in [2.05, 4.69) is 50.0 Å². The normalized spacial score (nSPS) is 31.0. The highest BCUT2D eigenvalue weighted by atomic mass is 16.2. The Bertz CT molecular complexity index is 523. The van der Waals surface area contributed by atoms with Gasteiger partial charge in [0.1, 0.15) is 6.17 Å². The Morgan fingerprint density at radius 1 is 1.29 bits per heavy atom. The first kappa shape index (κ1) is 14.6. The predicted octanol–water partition coefficient (Wildman–Crippen LogP) is 3.33. The second-order valence-electron chi connectivity index (χ2n) is 7.62. The second-order valence-corrected chi connectivity index (χ2v) is 7.62. The number of hydrogen-bond acceptors (Lipinski definition) is 2. The number of carbonyl (C=O) groups is 1. The molecule has 1 amide bonds. The molecule has 3 heteroatoms. The number of amides is 1. The van der Waals surface area contributed by atoms with Crippen molar-refractivity contribution in [2.24, 2.45) is 11.3 Å². The third-order valence-corrected chi connectivity index (χ3v) is 4.81. The molecule has 0 radical (unpaired) electrons. The summed E-state index contributed by atoms with van der Waals surface area (Å²) in [5.74, 6) is 0.808. The summed E-state index contributed by atoms with van der Waals surface area (Å²) in [6.45, 7) is 8.86. The number of nitrogens with zero attached hydrogens (tertiary/aromatic N) is 1. The summed E-state index contributed by atoms with van der Waals surface area (Å²) in [4.78, 5) is 15.0. The SMILES string of the molecule is CC(C)CC1NC(c2ccccc2)N(C2CC2(C)C)C1=O. The van der Waals surface area contributed by atoms with Crippen LogP contribution in [0.1, 0.15) is 52.3 Å². The van der Waals surface area contributed by atoms with E-state index in [4.69, 9.17) is 0 Å². The van der Waals surface area contributed by atoms with E-state index in [1.165, 1.54) is 5.56 Å². The number of nitrogens with one attached hydrogen (secondary N) is 1. The van der Waals surface area contributed by atoms with E-state index in [1.807, 2.05) is 18.2 Å². The molecule has 21 heavy (non-hydrogen) atoms. The van der Waals surface area contributed by atoms with Crippen LogP contribution in [0.2, 0.25) is 0 Å². The highest BCUT2D eigenvalue weighted by molar-refractivity contribution is 5.85. The maximum Gasteiger partial charge on any atom is 0.241 e. The lowest BCUT2D eigenvalue weighted by molar-refractivity contribution is -0.131. The van der Waals surface area contributed by atoms with Crippen molar-refractivity contribution in [1.82, 2.24) is 10.2 Å². The average Bonchev–Trinajstić information content (AvgIpc) is 2.93. The zero-order valence-electron chi connectivity index (χ0n) is 13.5. The van der Waals surface area contributed by atoms with Crippen LogP contribution < -0.4 is 5.32 Å². The van der Waals surface area contributed by atoms with Gasteiger partial charge in [0.15, 0.2) is 0 Å². The Balaban J connectivity index is 1.87. The van der Waals surface area contributed by atoms with E-state index >= 15 is 0 Å². The van der Waals surface area contributed by atoms with Crippen molar-refractivity contribution in [3.8, 4) is 0 Å². The molecule has 3 atom stereocenters. The van der Waals surface area contributed by atoms with Crippen LogP contribution in [0.5, 0.6) is 0 Å². The van der Waals surface area contributed by atoms with Crippen molar-refractivity contribution in [1.29, 1.82) is 0 Å². The molecule has 0 aromatic heterocycles. The van der Waals surface area contributed by atoms with Gasteiger partial charge in [-0.1, -0.05) is 58.0 Å². The molecule has 3 nitrogen and oxygen atoms in total. The monoisotopic (exact) mass is 286 g/mol. The summed E-state index contributed by atoms with van der Waals surface area (Å²) in [6.07, 6.45) is 2.05. The lowest BCUT2D eigenvalue weighted by atomic mass is 10.0. The van der Waals surface area contributed by atoms with Gasteiger partial charge in [-0.15, -0.1) is 0 Å². The molecule has 1 aliphatic heterocycles. The van der Waals surface area contributed by atoms with Crippen LogP contribution in [0.3, 0.4) is 0 Å². The quantitative estimate of drug-likeness (QED) is 0.921. The Labute approximate surface area is 127 Å². The highest BCUT2D eigenvalue weighted by Crippen LogP contribution is 2.52. The fraction of sp³-hybridized carbons (Fsp3) is 0.611. The number of rotatable bonds is 4. The maximum atomic E-state index is 12.9. The maximum absolute atomic E-state index is 12.9. The van der Waals surface area contributed by atoms with E-state index in [9.17, 15) is 4.79 Å². The van der Waals surface area contributed by atoms with E-state index in [1.54, 1.807) is 0 Å². The molecule has 1 aromatic carbocycles. The minimum absolute atomic E-state index is 0.0355. The minimum atomic E-state index is -0.0355. The van der Waals surface area contributed by atoms with Crippen LogP contribution in [-0.4, -0.2) is 22.9 Å². The second kappa shape index (κ2) is 5.13. The average molecular weight is 286 g/mol. The summed E-state index contributed by atoms with van der Waals surface area (Å²) in [6, 6.07) is 10.7. The summed E-state index contributed by atoms with van der Waals surface area (Å²) in [5.41, 5.74) is 1.46. The van der Waals surface area contributed by atoms with Crippen LogP contribution in [0.15, 0.2) is 30.3 Å². The molecule has 1 aromatic rings. The number of benzene rings is 1. The molecule has 2 fully saturated rings. The van der Waals surface area contributed by atoms with E-state index in [-0.39, 0.29) is 23.5 Å².